The highest BCUT2D eigenvalue weighted by Crippen LogP contribution is 2.22. The summed E-state index contributed by atoms with van der Waals surface area (Å²) in [5.74, 6) is -2.76. The number of imidazole rings is 1. The molecule has 2 heterocycles. The maximum Gasteiger partial charge on any atom is 0.490 e. The van der Waals surface area contributed by atoms with Crippen LogP contribution in [0.3, 0.4) is 0 Å². The van der Waals surface area contributed by atoms with Crippen LogP contribution in [0.25, 0.3) is 21.9 Å². The number of nitrogens with zero attached hydrogens (tertiary/aromatic N) is 1. The number of carboxylic acids is 1. The number of halogens is 3. The number of carbonyl (C=O) groups is 1. The van der Waals surface area contributed by atoms with Gasteiger partial charge in [-0.3, -0.25) is 4.98 Å². The summed E-state index contributed by atoms with van der Waals surface area (Å²) in [7, 11) is 0. The Bertz CT molecular complexity index is 1210. The molecule has 4 rings (SSSR count). The third-order valence-corrected chi connectivity index (χ3v) is 3.95. The van der Waals surface area contributed by atoms with Crippen molar-refractivity contribution in [2.45, 2.75) is 12.7 Å². The van der Waals surface area contributed by atoms with Gasteiger partial charge in [-0.2, -0.15) is 13.2 Å². The van der Waals surface area contributed by atoms with Gasteiger partial charge in [0.1, 0.15) is 0 Å². The van der Waals surface area contributed by atoms with Crippen LogP contribution >= 0.6 is 0 Å². The molecule has 0 amide bonds. The number of hydrogen-bond acceptors (Lipinski definition) is 4. The molecule has 7 nitrogen and oxygen atoms in total. The van der Waals surface area contributed by atoms with Crippen molar-refractivity contribution < 1.29 is 23.1 Å². The maximum absolute atomic E-state index is 11.3. The zero-order valence-electron chi connectivity index (χ0n) is 14.7. The first-order valence-electron chi connectivity index (χ1n) is 8.33. The van der Waals surface area contributed by atoms with Gasteiger partial charge in [0.25, 0.3) is 0 Å². The molecule has 0 aliphatic rings. The lowest BCUT2D eigenvalue weighted by Crippen LogP contribution is -2.21. The number of aromatic nitrogens is 3. The fraction of sp³-hybridized carbons (Fsp3) is 0.105. The number of pyridine rings is 1. The van der Waals surface area contributed by atoms with E-state index in [1.165, 1.54) is 0 Å². The van der Waals surface area contributed by atoms with Crippen LogP contribution < -0.4 is 11.0 Å². The minimum atomic E-state index is -5.08. The molecule has 0 aliphatic carbocycles. The van der Waals surface area contributed by atoms with Gasteiger partial charge >= 0.3 is 17.8 Å². The number of benzene rings is 2. The Balaban J connectivity index is 0.000000298. The molecule has 4 aromatic rings. The van der Waals surface area contributed by atoms with Crippen LogP contribution in [0.2, 0.25) is 0 Å². The number of H-pyrrole nitrogens is 2. The van der Waals surface area contributed by atoms with Gasteiger partial charge in [0.05, 0.1) is 16.6 Å². The van der Waals surface area contributed by atoms with Crippen LogP contribution in [-0.4, -0.2) is 32.2 Å². The molecule has 0 bridgehead atoms. The van der Waals surface area contributed by atoms with Crippen LogP contribution in [0, 0.1) is 0 Å². The minimum Gasteiger partial charge on any atom is -0.475 e. The van der Waals surface area contributed by atoms with E-state index >= 15 is 0 Å². The van der Waals surface area contributed by atoms with Gasteiger partial charge in [-0.1, -0.05) is 24.3 Å². The molecule has 0 radical (unpaired) electrons. The molecule has 2 aromatic heterocycles. The highest BCUT2D eigenvalue weighted by Gasteiger charge is 2.38. The lowest BCUT2D eigenvalue weighted by atomic mass is 10.1. The second kappa shape index (κ2) is 8.05. The van der Waals surface area contributed by atoms with Gasteiger partial charge in [0, 0.05) is 23.8 Å². The maximum atomic E-state index is 11.3. The summed E-state index contributed by atoms with van der Waals surface area (Å²) < 4.78 is 31.7. The molecule has 0 saturated heterocycles. The Labute approximate surface area is 161 Å². The summed E-state index contributed by atoms with van der Waals surface area (Å²) in [5, 5.41) is 11.7. The Morgan fingerprint density at radius 1 is 1.07 bits per heavy atom. The van der Waals surface area contributed by atoms with Crippen LogP contribution in [0.15, 0.2) is 59.5 Å². The quantitative estimate of drug-likeness (QED) is 0.417. The first-order chi connectivity index (χ1) is 13.7. The number of hydrogen-bond donors (Lipinski definition) is 4. The number of aromatic amines is 2. The van der Waals surface area contributed by atoms with E-state index in [-0.39, 0.29) is 5.69 Å². The average Bonchev–Trinajstić information content (AvgIpc) is 3.05. The summed E-state index contributed by atoms with van der Waals surface area (Å²) in [6.07, 6.45) is -3.28. The predicted octanol–water partition coefficient (Wildman–Crippen LogP) is 3.65. The number of para-hydroxylation sites is 1. The SMILES string of the molecule is O=C(O)C(F)(F)F.O=c1[nH]c2ccc(CNc3ccnc4ccccc34)cc2[nH]1. The number of anilines is 1. The second-order valence-corrected chi connectivity index (χ2v) is 5.99. The molecule has 0 saturated carbocycles. The number of rotatable bonds is 3. The molecule has 0 aliphatic heterocycles. The molecule has 10 heteroatoms. The van der Waals surface area contributed by atoms with Gasteiger partial charge in [-0.05, 0) is 29.8 Å². The Morgan fingerprint density at radius 2 is 1.76 bits per heavy atom. The topological polar surface area (TPSA) is 111 Å². The van der Waals surface area contributed by atoms with Crippen molar-refractivity contribution in [1.82, 2.24) is 15.0 Å². The van der Waals surface area contributed by atoms with Crippen LogP contribution in [0.1, 0.15) is 5.56 Å². The van der Waals surface area contributed by atoms with Crippen LogP contribution in [-0.2, 0) is 11.3 Å². The van der Waals surface area contributed by atoms with Gasteiger partial charge in [-0.25, -0.2) is 9.59 Å². The standard InChI is InChI=1S/C17H14N4O.C2HF3O2/c22-17-20-15-6-5-11(9-16(15)21-17)10-19-14-7-8-18-13-4-2-1-3-12(13)14;3-2(4,5)1(6)7/h1-9H,10H2,(H,18,19)(H2,20,21,22);(H,6,7). The lowest BCUT2D eigenvalue weighted by molar-refractivity contribution is -0.192. The summed E-state index contributed by atoms with van der Waals surface area (Å²) in [6.45, 7) is 0.678. The highest BCUT2D eigenvalue weighted by atomic mass is 19.4. The molecule has 2 aromatic carbocycles. The number of alkyl halides is 3. The molecule has 0 atom stereocenters. The van der Waals surface area contributed by atoms with E-state index < -0.39 is 12.1 Å². The molecule has 29 heavy (non-hydrogen) atoms. The number of aliphatic carboxylic acids is 1. The number of fused-ring (bicyclic) bond motifs is 2. The molecular weight excluding hydrogens is 389 g/mol. The predicted molar refractivity (Wildman–Crippen MR) is 102 cm³/mol. The van der Waals surface area contributed by atoms with E-state index in [4.69, 9.17) is 9.90 Å². The Morgan fingerprint density at radius 3 is 2.48 bits per heavy atom. The lowest BCUT2D eigenvalue weighted by Gasteiger charge is -2.09. The smallest absolute Gasteiger partial charge is 0.475 e. The Kier molecular flexibility index (Phi) is 5.53. The van der Waals surface area contributed by atoms with E-state index in [1.54, 1.807) is 6.20 Å². The molecule has 0 fully saturated rings. The summed E-state index contributed by atoms with van der Waals surface area (Å²) >= 11 is 0. The summed E-state index contributed by atoms with van der Waals surface area (Å²) in [6, 6.07) is 15.9. The molecule has 150 valence electrons. The van der Waals surface area contributed by atoms with Crippen molar-refractivity contribution in [1.29, 1.82) is 0 Å². The van der Waals surface area contributed by atoms with Crippen molar-refractivity contribution >= 4 is 33.6 Å². The zero-order valence-corrected chi connectivity index (χ0v) is 14.7. The second-order valence-electron chi connectivity index (χ2n) is 5.99. The third kappa shape index (κ3) is 4.92. The van der Waals surface area contributed by atoms with Crippen molar-refractivity contribution in [3.05, 3.63) is 70.8 Å². The monoisotopic (exact) mass is 404 g/mol. The van der Waals surface area contributed by atoms with Crippen molar-refractivity contribution in [3.63, 3.8) is 0 Å². The molecule has 0 unspecified atom stereocenters. The first-order valence-corrected chi connectivity index (χ1v) is 8.33. The average molecular weight is 404 g/mol. The summed E-state index contributed by atoms with van der Waals surface area (Å²) in [5.41, 5.74) is 4.59. The number of nitrogens with one attached hydrogen (secondary N) is 3. The van der Waals surface area contributed by atoms with Gasteiger partial charge < -0.3 is 20.4 Å². The Hall–Kier alpha value is -3.82. The normalized spacial score (nSPS) is 11.1. The van der Waals surface area contributed by atoms with Crippen molar-refractivity contribution in [2.75, 3.05) is 5.32 Å². The fourth-order valence-corrected chi connectivity index (χ4v) is 2.64. The van der Waals surface area contributed by atoms with Gasteiger partial charge in [0.15, 0.2) is 0 Å². The van der Waals surface area contributed by atoms with Crippen LogP contribution in [0.5, 0.6) is 0 Å². The molecule has 0 spiro atoms. The largest absolute Gasteiger partial charge is 0.490 e. The van der Waals surface area contributed by atoms with E-state index in [2.05, 4.69) is 26.3 Å². The van der Waals surface area contributed by atoms with E-state index in [1.807, 2.05) is 42.5 Å². The number of carboxylic acid groups (broad SMARTS) is 1. The van der Waals surface area contributed by atoms with Crippen LogP contribution in [0.4, 0.5) is 18.9 Å². The van der Waals surface area contributed by atoms with Crippen molar-refractivity contribution in [2.24, 2.45) is 0 Å². The molecular formula is C19H15F3N4O3. The van der Waals surface area contributed by atoms with E-state index in [0.29, 0.717) is 6.54 Å². The van der Waals surface area contributed by atoms with E-state index in [9.17, 15) is 18.0 Å². The highest BCUT2D eigenvalue weighted by molar-refractivity contribution is 5.90. The molecule has 4 N–H and O–H groups in total. The zero-order chi connectivity index (χ0) is 21.0. The van der Waals surface area contributed by atoms with E-state index in [0.717, 1.165) is 33.2 Å². The summed E-state index contributed by atoms with van der Waals surface area (Å²) in [4.78, 5) is 30.1. The first kappa shape index (κ1) is 19.9. The van der Waals surface area contributed by atoms with Gasteiger partial charge in [-0.15, -0.1) is 0 Å². The minimum absolute atomic E-state index is 0.180. The van der Waals surface area contributed by atoms with Crippen molar-refractivity contribution in [3.8, 4) is 0 Å². The van der Waals surface area contributed by atoms with Gasteiger partial charge in [0.2, 0.25) is 0 Å². The third-order valence-electron chi connectivity index (χ3n) is 3.95. The fourth-order valence-electron chi connectivity index (χ4n) is 2.64.